The lowest BCUT2D eigenvalue weighted by Gasteiger charge is -2.32. The van der Waals surface area contributed by atoms with Gasteiger partial charge in [-0.3, -0.25) is 4.79 Å². The lowest BCUT2D eigenvalue weighted by atomic mass is 9.86. The highest BCUT2D eigenvalue weighted by atomic mass is 35.5. The van der Waals surface area contributed by atoms with Crippen molar-refractivity contribution < 1.29 is 9.59 Å². The van der Waals surface area contributed by atoms with Crippen LogP contribution in [0.2, 0.25) is 5.02 Å². The summed E-state index contributed by atoms with van der Waals surface area (Å²) in [5.41, 5.74) is 2.59. The normalized spacial score (nSPS) is 18.0. The molecule has 134 valence electrons. The molecule has 2 aromatic rings. The van der Waals surface area contributed by atoms with E-state index in [1.807, 2.05) is 37.3 Å². The van der Waals surface area contributed by atoms with Gasteiger partial charge in [0.1, 0.15) is 0 Å². The molecule has 1 heterocycles. The predicted octanol–water partition coefficient (Wildman–Crippen LogP) is 4.04. The Bertz CT molecular complexity index is 864. The van der Waals surface area contributed by atoms with Crippen LogP contribution in [0.5, 0.6) is 0 Å². The van der Waals surface area contributed by atoms with Crippen molar-refractivity contribution in [1.29, 1.82) is 0 Å². The minimum absolute atomic E-state index is 0.0794. The number of anilines is 1. The number of urea groups is 1. The minimum atomic E-state index is -0.450. The second-order valence-corrected chi connectivity index (χ2v) is 6.66. The van der Waals surface area contributed by atoms with Crippen molar-refractivity contribution in [2.24, 2.45) is 0 Å². The van der Waals surface area contributed by atoms with Crippen molar-refractivity contribution in [1.82, 2.24) is 10.6 Å². The molecule has 3 rings (SSSR count). The lowest BCUT2D eigenvalue weighted by Crippen LogP contribution is -2.52. The topological polar surface area (TPSA) is 70.2 Å². The molecule has 0 aliphatic carbocycles. The zero-order chi connectivity index (χ0) is 18.7. The van der Waals surface area contributed by atoms with Crippen LogP contribution >= 0.6 is 11.6 Å². The molecule has 3 N–H and O–H groups in total. The smallest absolute Gasteiger partial charge is 0.319 e. The van der Waals surface area contributed by atoms with Crippen molar-refractivity contribution in [3.63, 3.8) is 0 Å². The molecule has 3 amide bonds. The first-order chi connectivity index (χ1) is 12.5. The minimum Gasteiger partial charge on any atom is -0.330 e. The summed E-state index contributed by atoms with van der Waals surface area (Å²) in [7, 11) is 0. The fourth-order valence-corrected chi connectivity index (χ4v) is 3.29. The molecule has 0 aromatic heterocycles. The Morgan fingerprint density at radius 2 is 1.77 bits per heavy atom. The van der Waals surface area contributed by atoms with E-state index < -0.39 is 6.04 Å². The molecular formula is C20H20ClN3O2. The van der Waals surface area contributed by atoms with Crippen LogP contribution in [0.15, 0.2) is 65.9 Å². The van der Waals surface area contributed by atoms with E-state index in [1.165, 1.54) is 0 Å². The summed E-state index contributed by atoms with van der Waals surface area (Å²) in [4.78, 5) is 25.0. The van der Waals surface area contributed by atoms with Crippen LogP contribution < -0.4 is 16.0 Å². The monoisotopic (exact) mass is 369 g/mol. The van der Waals surface area contributed by atoms with E-state index in [0.717, 1.165) is 5.56 Å². The van der Waals surface area contributed by atoms with Crippen molar-refractivity contribution >= 4 is 29.2 Å². The van der Waals surface area contributed by atoms with E-state index in [-0.39, 0.29) is 17.9 Å². The summed E-state index contributed by atoms with van der Waals surface area (Å²) in [5.74, 6) is -0.375. The van der Waals surface area contributed by atoms with Gasteiger partial charge < -0.3 is 16.0 Å². The summed E-state index contributed by atoms with van der Waals surface area (Å²) >= 11 is 6.15. The van der Waals surface area contributed by atoms with Gasteiger partial charge in [0.05, 0.1) is 22.3 Å². The summed E-state index contributed by atoms with van der Waals surface area (Å²) in [6.07, 6.45) is 0. The van der Waals surface area contributed by atoms with Gasteiger partial charge in [-0.25, -0.2) is 4.79 Å². The molecule has 6 heteroatoms. The van der Waals surface area contributed by atoms with E-state index in [4.69, 9.17) is 11.6 Å². The number of hydrogen-bond acceptors (Lipinski definition) is 2. The Morgan fingerprint density at radius 1 is 1.12 bits per heavy atom. The van der Waals surface area contributed by atoms with Gasteiger partial charge >= 0.3 is 6.03 Å². The predicted molar refractivity (Wildman–Crippen MR) is 103 cm³/mol. The third-order valence-corrected chi connectivity index (χ3v) is 4.82. The van der Waals surface area contributed by atoms with Crippen LogP contribution in [0.1, 0.15) is 25.3 Å². The molecule has 0 radical (unpaired) electrons. The Labute approximate surface area is 157 Å². The van der Waals surface area contributed by atoms with Gasteiger partial charge in [0.15, 0.2) is 0 Å². The van der Waals surface area contributed by atoms with Gasteiger partial charge in [-0.15, -0.1) is 0 Å². The first-order valence-electron chi connectivity index (χ1n) is 8.36. The average molecular weight is 370 g/mol. The molecule has 2 aromatic carbocycles. The molecule has 0 saturated carbocycles. The van der Waals surface area contributed by atoms with Crippen LogP contribution in [0.4, 0.5) is 10.5 Å². The maximum atomic E-state index is 13.0. The van der Waals surface area contributed by atoms with Gasteiger partial charge in [-0.05, 0) is 24.6 Å². The summed E-state index contributed by atoms with van der Waals surface area (Å²) in [5, 5.41) is 8.86. The van der Waals surface area contributed by atoms with Crippen LogP contribution in [0, 0.1) is 0 Å². The Balaban J connectivity index is 1.93. The summed E-state index contributed by atoms with van der Waals surface area (Å²) in [6, 6.07) is 16.1. The van der Waals surface area contributed by atoms with Crippen LogP contribution in [0.25, 0.3) is 0 Å². The highest BCUT2D eigenvalue weighted by Crippen LogP contribution is 2.29. The second-order valence-electron chi connectivity index (χ2n) is 6.25. The maximum Gasteiger partial charge on any atom is 0.319 e. The molecule has 1 aliphatic rings. The van der Waals surface area contributed by atoms with E-state index in [2.05, 4.69) is 16.0 Å². The summed E-state index contributed by atoms with van der Waals surface area (Å²) in [6.45, 7) is 3.71. The number of carbonyl (C=O) groups excluding carboxylic acids is 2. The number of para-hydroxylation sites is 1. The highest BCUT2D eigenvalue weighted by Gasteiger charge is 2.34. The SMILES string of the molecule is CC1=C(C(=O)Nc2ccccc2Cl)C(C(C)c2ccccc2)NC(=O)N1. The fourth-order valence-electron chi connectivity index (χ4n) is 3.11. The molecule has 1 aliphatic heterocycles. The third-order valence-electron chi connectivity index (χ3n) is 4.49. The zero-order valence-electron chi connectivity index (χ0n) is 14.5. The summed E-state index contributed by atoms with van der Waals surface area (Å²) < 4.78 is 0. The van der Waals surface area contributed by atoms with Gasteiger partial charge in [0.2, 0.25) is 0 Å². The third kappa shape index (κ3) is 3.73. The van der Waals surface area contributed by atoms with Crippen molar-refractivity contribution in [2.75, 3.05) is 5.32 Å². The number of halogens is 1. The van der Waals surface area contributed by atoms with E-state index >= 15 is 0 Å². The largest absolute Gasteiger partial charge is 0.330 e. The van der Waals surface area contributed by atoms with Crippen LogP contribution in [-0.4, -0.2) is 18.0 Å². The van der Waals surface area contributed by atoms with E-state index in [0.29, 0.717) is 22.0 Å². The molecule has 0 saturated heterocycles. The number of benzene rings is 2. The zero-order valence-corrected chi connectivity index (χ0v) is 15.3. The van der Waals surface area contributed by atoms with Gasteiger partial charge in [-0.1, -0.05) is 61.0 Å². The number of nitrogens with one attached hydrogen (secondary N) is 3. The number of hydrogen-bond donors (Lipinski definition) is 3. The highest BCUT2D eigenvalue weighted by molar-refractivity contribution is 6.33. The average Bonchev–Trinajstić information content (AvgIpc) is 2.63. The Kier molecular flexibility index (Phi) is 5.28. The maximum absolute atomic E-state index is 13.0. The van der Waals surface area contributed by atoms with Gasteiger partial charge in [0, 0.05) is 11.6 Å². The molecule has 0 fully saturated rings. The lowest BCUT2D eigenvalue weighted by molar-refractivity contribution is -0.113. The van der Waals surface area contributed by atoms with Gasteiger partial charge in [0.25, 0.3) is 5.91 Å². The Morgan fingerprint density at radius 3 is 2.46 bits per heavy atom. The van der Waals surface area contributed by atoms with E-state index in [1.54, 1.807) is 31.2 Å². The first-order valence-corrected chi connectivity index (χ1v) is 8.74. The first kappa shape index (κ1) is 18.0. The molecule has 5 nitrogen and oxygen atoms in total. The number of amides is 3. The second kappa shape index (κ2) is 7.62. The van der Waals surface area contributed by atoms with Crippen LogP contribution in [0.3, 0.4) is 0 Å². The number of rotatable bonds is 4. The van der Waals surface area contributed by atoms with Gasteiger partial charge in [-0.2, -0.15) is 0 Å². The van der Waals surface area contributed by atoms with Crippen LogP contribution in [-0.2, 0) is 4.79 Å². The van der Waals surface area contributed by atoms with Crippen molar-refractivity contribution in [2.45, 2.75) is 25.8 Å². The fraction of sp³-hybridized carbons (Fsp3) is 0.200. The molecule has 0 spiro atoms. The quantitative estimate of drug-likeness (QED) is 0.761. The van der Waals surface area contributed by atoms with Crippen molar-refractivity contribution in [3.05, 3.63) is 76.5 Å². The molecular weight excluding hydrogens is 350 g/mol. The number of allylic oxidation sites excluding steroid dienone is 1. The molecule has 26 heavy (non-hydrogen) atoms. The van der Waals surface area contributed by atoms with E-state index in [9.17, 15) is 9.59 Å². The molecule has 0 bridgehead atoms. The standard InChI is InChI=1S/C20H20ClN3O2/c1-12(14-8-4-3-5-9-14)18-17(13(2)22-20(26)24-18)19(25)23-16-11-7-6-10-15(16)21/h3-12,18H,1-2H3,(H,23,25)(H2,22,24,26). The molecule has 2 atom stereocenters. The van der Waals surface area contributed by atoms with Crippen molar-refractivity contribution in [3.8, 4) is 0 Å². The number of carbonyl (C=O) groups is 2. The Hall–Kier alpha value is -2.79. The molecule has 2 unspecified atom stereocenters.